The van der Waals surface area contributed by atoms with E-state index >= 15 is 0 Å². The van der Waals surface area contributed by atoms with Crippen LogP contribution in [0.15, 0.2) is 18.2 Å². The molecule has 0 bridgehead atoms. The van der Waals surface area contributed by atoms with Crippen molar-refractivity contribution in [2.75, 3.05) is 0 Å². The molecule has 1 aromatic rings. The lowest BCUT2D eigenvalue weighted by atomic mass is 10.0. The van der Waals surface area contributed by atoms with Gasteiger partial charge in [0.2, 0.25) is 0 Å². The summed E-state index contributed by atoms with van der Waals surface area (Å²) in [5.41, 5.74) is 2.62. The molecular weight excluding hydrogens is 204 g/mol. The first-order valence-electron chi connectivity index (χ1n) is 5.84. The van der Waals surface area contributed by atoms with Gasteiger partial charge in [0.05, 0.1) is 0 Å². The standard InChI is InChI=1S/C14H19Cl/c1-9(2)6-12-7-13(12)11-5-4-10(3)14(15)8-11/h4-5,8-9,12-13H,6-7H2,1-3H3. The van der Waals surface area contributed by atoms with E-state index in [-0.39, 0.29) is 0 Å². The molecular formula is C14H19Cl. The molecule has 0 heterocycles. The smallest absolute Gasteiger partial charge is 0.0438 e. The zero-order valence-corrected chi connectivity index (χ0v) is 10.5. The van der Waals surface area contributed by atoms with Crippen molar-refractivity contribution in [1.82, 2.24) is 0 Å². The molecule has 0 spiro atoms. The van der Waals surface area contributed by atoms with E-state index in [2.05, 4.69) is 39.0 Å². The lowest BCUT2D eigenvalue weighted by molar-refractivity contribution is 0.532. The molecule has 0 amide bonds. The molecule has 1 fully saturated rings. The van der Waals surface area contributed by atoms with E-state index in [1.54, 1.807) is 0 Å². The van der Waals surface area contributed by atoms with Gasteiger partial charge in [0.1, 0.15) is 0 Å². The third-order valence-electron chi connectivity index (χ3n) is 3.32. The van der Waals surface area contributed by atoms with E-state index in [4.69, 9.17) is 11.6 Å². The maximum absolute atomic E-state index is 6.14. The molecule has 0 radical (unpaired) electrons. The van der Waals surface area contributed by atoms with Gasteiger partial charge < -0.3 is 0 Å². The molecule has 0 aliphatic heterocycles. The van der Waals surface area contributed by atoms with Crippen LogP contribution in [-0.4, -0.2) is 0 Å². The Morgan fingerprint density at radius 1 is 1.40 bits per heavy atom. The van der Waals surface area contributed by atoms with Crippen molar-refractivity contribution in [3.63, 3.8) is 0 Å². The summed E-state index contributed by atoms with van der Waals surface area (Å²) >= 11 is 6.14. The molecule has 15 heavy (non-hydrogen) atoms. The lowest BCUT2D eigenvalue weighted by Crippen LogP contribution is -1.91. The van der Waals surface area contributed by atoms with Crippen molar-refractivity contribution in [1.29, 1.82) is 0 Å². The number of benzene rings is 1. The molecule has 2 unspecified atom stereocenters. The largest absolute Gasteiger partial charge is 0.0840 e. The highest BCUT2D eigenvalue weighted by Gasteiger charge is 2.38. The predicted molar refractivity (Wildman–Crippen MR) is 66.5 cm³/mol. The number of rotatable bonds is 3. The summed E-state index contributed by atoms with van der Waals surface area (Å²) in [6, 6.07) is 6.54. The van der Waals surface area contributed by atoms with Crippen LogP contribution in [0.25, 0.3) is 0 Å². The van der Waals surface area contributed by atoms with Crippen molar-refractivity contribution in [3.8, 4) is 0 Å². The summed E-state index contributed by atoms with van der Waals surface area (Å²) in [5.74, 6) is 2.51. The van der Waals surface area contributed by atoms with Crippen LogP contribution in [0, 0.1) is 18.8 Å². The molecule has 0 N–H and O–H groups in total. The Balaban J connectivity index is 2.04. The van der Waals surface area contributed by atoms with Crippen LogP contribution in [0.1, 0.15) is 43.7 Å². The van der Waals surface area contributed by atoms with Crippen LogP contribution >= 0.6 is 11.6 Å². The van der Waals surface area contributed by atoms with Gasteiger partial charge in [-0.15, -0.1) is 0 Å². The molecule has 0 saturated heterocycles. The van der Waals surface area contributed by atoms with Crippen molar-refractivity contribution in [2.24, 2.45) is 11.8 Å². The summed E-state index contributed by atoms with van der Waals surface area (Å²) in [7, 11) is 0. The van der Waals surface area contributed by atoms with Crippen LogP contribution < -0.4 is 0 Å². The summed E-state index contributed by atoms with van der Waals surface area (Å²) in [6.07, 6.45) is 2.72. The van der Waals surface area contributed by atoms with E-state index < -0.39 is 0 Å². The highest BCUT2D eigenvalue weighted by molar-refractivity contribution is 6.31. The maximum Gasteiger partial charge on any atom is 0.0438 e. The Morgan fingerprint density at radius 3 is 2.73 bits per heavy atom. The Morgan fingerprint density at radius 2 is 2.13 bits per heavy atom. The van der Waals surface area contributed by atoms with E-state index in [1.165, 1.54) is 24.0 Å². The summed E-state index contributed by atoms with van der Waals surface area (Å²) in [6.45, 7) is 6.67. The quantitative estimate of drug-likeness (QED) is 0.689. The maximum atomic E-state index is 6.14. The fraction of sp³-hybridized carbons (Fsp3) is 0.571. The third kappa shape index (κ3) is 2.55. The Hall–Kier alpha value is -0.490. The summed E-state index contributed by atoms with van der Waals surface area (Å²) in [5, 5.41) is 0.919. The zero-order valence-electron chi connectivity index (χ0n) is 9.76. The zero-order chi connectivity index (χ0) is 11.0. The van der Waals surface area contributed by atoms with Gasteiger partial charge in [-0.2, -0.15) is 0 Å². The highest BCUT2D eigenvalue weighted by Crippen LogP contribution is 2.51. The monoisotopic (exact) mass is 222 g/mol. The minimum absolute atomic E-state index is 0.783. The van der Waals surface area contributed by atoms with Crippen molar-refractivity contribution < 1.29 is 0 Å². The van der Waals surface area contributed by atoms with Gasteiger partial charge in [-0.05, 0) is 54.7 Å². The summed E-state index contributed by atoms with van der Waals surface area (Å²) in [4.78, 5) is 0. The number of hydrogen-bond acceptors (Lipinski definition) is 0. The SMILES string of the molecule is Cc1ccc(C2CC2CC(C)C)cc1Cl. The highest BCUT2D eigenvalue weighted by atomic mass is 35.5. The van der Waals surface area contributed by atoms with Gasteiger partial charge in [-0.3, -0.25) is 0 Å². The third-order valence-corrected chi connectivity index (χ3v) is 3.73. The number of halogens is 1. The Labute approximate surface area is 97.6 Å². The molecule has 2 atom stereocenters. The topological polar surface area (TPSA) is 0 Å². The summed E-state index contributed by atoms with van der Waals surface area (Å²) < 4.78 is 0. The lowest BCUT2D eigenvalue weighted by Gasteiger charge is -2.05. The minimum Gasteiger partial charge on any atom is -0.0840 e. The minimum atomic E-state index is 0.783. The van der Waals surface area contributed by atoms with E-state index in [0.29, 0.717) is 0 Å². The van der Waals surface area contributed by atoms with Crippen LogP contribution in [0.2, 0.25) is 5.02 Å². The molecule has 1 aliphatic carbocycles. The molecule has 0 aromatic heterocycles. The predicted octanol–water partition coefficient (Wildman–Crippen LogP) is 4.80. The van der Waals surface area contributed by atoms with Gasteiger partial charge in [-0.1, -0.05) is 37.6 Å². The molecule has 0 nitrogen and oxygen atoms in total. The van der Waals surface area contributed by atoms with Gasteiger partial charge in [0.15, 0.2) is 0 Å². The van der Waals surface area contributed by atoms with E-state index in [1.807, 2.05) is 0 Å². The fourth-order valence-electron chi connectivity index (χ4n) is 2.36. The molecule has 1 aliphatic rings. The first kappa shape index (κ1) is 11.0. The molecule has 1 saturated carbocycles. The van der Waals surface area contributed by atoms with Crippen molar-refractivity contribution >= 4 is 11.6 Å². The van der Waals surface area contributed by atoms with Gasteiger partial charge in [0, 0.05) is 5.02 Å². The second-order valence-corrected chi connectivity index (χ2v) is 5.65. The normalized spacial score (nSPS) is 24.6. The van der Waals surface area contributed by atoms with Crippen LogP contribution in [0.3, 0.4) is 0 Å². The van der Waals surface area contributed by atoms with E-state index in [9.17, 15) is 0 Å². The molecule has 1 heteroatoms. The van der Waals surface area contributed by atoms with Crippen molar-refractivity contribution in [3.05, 3.63) is 34.3 Å². The molecule has 2 rings (SSSR count). The van der Waals surface area contributed by atoms with E-state index in [0.717, 1.165) is 22.8 Å². The van der Waals surface area contributed by atoms with Gasteiger partial charge in [0.25, 0.3) is 0 Å². The van der Waals surface area contributed by atoms with Crippen LogP contribution in [-0.2, 0) is 0 Å². The Bertz CT molecular complexity index is 354. The average molecular weight is 223 g/mol. The van der Waals surface area contributed by atoms with Crippen LogP contribution in [0.5, 0.6) is 0 Å². The van der Waals surface area contributed by atoms with Crippen molar-refractivity contribution in [2.45, 2.75) is 39.5 Å². The van der Waals surface area contributed by atoms with Crippen LogP contribution in [0.4, 0.5) is 0 Å². The molecule has 82 valence electrons. The fourth-order valence-corrected chi connectivity index (χ4v) is 2.55. The number of hydrogen-bond donors (Lipinski definition) is 0. The number of aryl methyl sites for hydroxylation is 1. The first-order chi connectivity index (χ1) is 7.08. The second kappa shape index (κ2) is 4.17. The van der Waals surface area contributed by atoms with Gasteiger partial charge >= 0.3 is 0 Å². The second-order valence-electron chi connectivity index (χ2n) is 5.24. The first-order valence-corrected chi connectivity index (χ1v) is 6.21. The van der Waals surface area contributed by atoms with Gasteiger partial charge in [-0.25, -0.2) is 0 Å². The Kier molecular flexibility index (Phi) is 3.06. The average Bonchev–Trinajstić information content (AvgIpc) is 2.88. The molecule has 1 aromatic carbocycles.